The Labute approximate surface area is 212 Å². The first-order valence-corrected chi connectivity index (χ1v) is 11.7. The standard InChI is InChI=1S/C26H20F6N2O4/c1-23-9-10-24(38-23,11-12-37-16-6-3-14(4-7-16)25(27,28)29)20-19(23)21(35)34(22(20)36)15-5-8-18(33-2)17(13-15)26(30,31)32/h3-8,13,19-20H,9-12H2,1H3/t19-,20+,23?,24?/m1/s1. The Balaban J connectivity index is 1.39. The van der Waals surface area contributed by atoms with E-state index in [1.165, 1.54) is 12.1 Å². The molecule has 2 aromatic carbocycles. The molecule has 38 heavy (non-hydrogen) atoms. The van der Waals surface area contributed by atoms with Crippen LogP contribution in [-0.2, 0) is 26.7 Å². The lowest BCUT2D eigenvalue weighted by molar-refractivity contribution is -0.138. The molecule has 200 valence electrons. The van der Waals surface area contributed by atoms with E-state index in [9.17, 15) is 35.9 Å². The summed E-state index contributed by atoms with van der Waals surface area (Å²) in [7, 11) is 0. The second-order valence-electron chi connectivity index (χ2n) is 9.88. The first-order valence-electron chi connectivity index (χ1n) is 11.7. The average molecular weight is 538 g/mol. The van der Waals surface area contributed by atoms with E-state index in [0.717, 1.165) is 29.2 Å². The minimum atomic E-state index is -4.86. The number of ether oxygens (including phenoxy) is 2. The number of nitrogens with zero attached hydrogens (tertiary/aromatic N) is 2. The highest BCUT2D eigenvalue weighted by Crippen LogP contribution is 2.62. The fourth-order valence-corrected chi connectivity index (χ4v) is 5.93. The van der Waals surface area contributed by atoms with Crippen molar-refractivity contribution in [1.29, 1.82) is 0 Å². The number of hydrogen-bond donors (Lipinski definition) is 0. The highest BCUT2D eigenvalue weighted by molar-refractivity contribution is 6.23. The van der Waals surface area contributed by atoms with E-state index in [1.807, 2.05) is 0 Å². The van der Waals surface area contributed by atoms with Gasteiger partial charge in [0.1, 0.15) is 5.75 Å². The molecule has 2 unspecified atom stereocenters. The zero-order valence-corrected chi connectivity index (χ0v) is 19.8. The lowest BCUT2D eigenvalue weighted by atomic mass is 9.67. The van der Waals surface area contributed by atoms with Crippen molar-refractivity contribution in [3.8, 4) is 5.75 Å². The molecule has 0 aromatic heterocycles. The molecule has 12 heteroatoms. The van der Waals surface area contributed by atoms with Crippen LogP contribution in [0.2, 0.25) is 0 Å². The van der Waals surface area contributed by atoms with Gasteiger partial charge < -0.3 is 9.47 Å². The van der Waals surface area contributed by atoms with Gasteiger partial charge >= 0.3 is 12.4 Å². The predicted molar refractivity (Wildman–Crippen MR) is 120 cm³/mol. The van der Waals surface area contributed by atoms with Gasteiger partial charge in [-0.15, -0.1) is 0 Å². The Hall–Kier alpha value is -3.59. The van der Waals surface area contributed by atoms with Crippen molar-refractivity contribution < 1.29 is 45.4 Å². The molecule has 0 aliphatic carbocycles. The van der Waals surface area contributed by atoms with Crippen LogP contribution in [0, 0.1) is 18.4 Å². The third-order valence-electron chi connectivity index (χ3n) is 7.65. The molecule has 3 fully saturated rings. The summed E-state index contributed by atoms with van der Waals surface area (Å²) in [5.41, 5.74) is -5.11. The average Bonchev–Trinajstić information content (AvgIpc) is 3.42. The van der Waals surface area contributed by atoms with E-state index in [2.05, 4.69) is 4.85 Å². The van der Waals surface area contributed by atoms with Gasteiger partial charge in [0, 0.05) is 12.1 Å². The third-order valence-corrected chi connectivity index (χ3v) is 7.65. The number of carbonyl (C=O) groups excluding carboxylic acids is 2. The number of anilines is 1. The third kappa shape index (κ3) is 4.00. The minimum Gasteiger partial charge on any atom is -0.493 e. The summed E-state index contributed by atoms with van der Waals surface area (Å²) in [6.07, 6.45) is -8.37. The van der Waals surface area contributed by atoms with E-state index in [4.69, 9.17) is 16.0 Å². The molecule has 3 aliphatic rings. The maximum absolute atomic E-state index is 13.6. The summed E-state index contributed by atoms with van der Waals surface area (Å²) in [6, 6.07) is 6.83. The zero-order chi connectivity index (χ0) is 27.7. The molecule has 5 rings (SSSR count). The Morgan fingerprint density at radius 3 is 2.26 bits per heavy atom. The van der Waals surface area contributed by atoms with Crippen LogP contribution in [0.3, 0.4) is 0 Å². The fourth-order valence-electron chi connectivity index (χ4n) is 5.93. The van der Waals surface area contributed by atoms with Crippen LogP contribution >= 0.6 is 0 Å². The van der Waals surface area contributed by atoms with Crippen molar-refractivity contribution in [2.24, 2.45) is 11.8 Å². The molecule has 3 saturated heterocycles. The van der Waals surface area contributed by atoms with Crippen LogP contribution in [0.15, 0.2) is 42.5 Å². The maximum atomic E-state index is 13.6. The smallest absolute Gasteiger partial charge is 0.416 e. The number of fused-ring (bicyclic) bond motifs is 5. The lowest BCUT2D eigenvalue weighted by Gasteiger charge is -2.31. The first kappa shape index (κ1) is 26.0. The van der Waals surface area contributed by atoms with E-state index in [1.54, 1.807) is 6.92 Å². The van der Waals surface area contributed by atoms with Crippen LogP contribution < -0.4 is 9.64 Å². The molecular formula is C26H20F6N2O4. The molecule has 0 radical (unpaired) electrons. The van der Waals surface area contributed by atoms with Crippen molar-refractivity contribution in [2.75, 3.05) is 11.5 Å². The molecule has 2 aromatic rings. The highest BCUT2D eigenvalue weighted by atomic mass is 19.4. The van der Waals surface area contributed by atoms with Crippen LogP contribution in [0.1, 0.15) is 37.3 Å². The Morgan fingerprint density at radius 1 is 1.00 bits per heavy atom. The summed E-state index contributed by atoms with van der Waals surface area (Å²) >= 11 is 0. The SMILES string of the molecule is [C-]#[N+]c1ccc(N2C(=O)[C@@H]3[C@H](C2=O)C2(C)CCC3(CCOc3ccc(C(F)(F)F)cc3)O2)cc1C(F)(F)F. The van der Waals surface area contributed by atoms with Crippen molar-refractivity contribution in [3.05, 3.63) is 65.0 Å². The second kappa shape index (κ2) is 8.46. The van der Waals surface area contributed by atoms with Crippen LogP contribution in [0.25, 0.3) is 4.85 Å². The minimum absolute atomic E-state index is 0.0238. The van der Waals surface area contributed by atoms with Gasteiger partial charge in [-0.25, -0.2) is 9.74 Å². The lowest BCUT2D eigenvalue weighted by Crippen LogP contribution is -2.43. The second-order valence-corrected chi connectivity index (χ2v) is 9.88. The zero-order valence-electron chi connectivity index (χ0n) is 19.8. The summed E-state index contributed by atoms with van der Waals surface area (Å²) in [5.74, 6) is -3.05. The number of hydrogen-bond acceptors (Lipinski definition) is 4. The van der Waals surface area contributed by atoms with Crippen molar-refractivity contribution >= 4 is 23.2 Å². The topological polar surface area (TPSA) is 60.2 Å². The summed E-state index contributed by atoms with van der Waals surface area (Å²) in [6.45, 7) is 8.67. The molecule has 0 spiro atoms. The van der Waals surface area contributed by atoms with Gasteiger partial charge in [-0.1, -0.05) is 6.07 Å². The van der Waals surface area contributed by atoms with Crippen molar-refractivity contribution in [3.63, 3.8) is 0 Å². The Kier molecular flexibility index (Phi) is 5.80. The molecule has 0 saturated carbocycles. The quantitative estimate of drug-likeness (QED) is 0.260. The van der Waals surface area contributed by atoms with Gasteiger partial charge in [0.15, 0.2) is 5.69 Å². The monoisotopic (exact) mass is 538 g/mol. The molecular weight excluding hydrogens is 518 g/mol. The normalized spacial score (nSPS) is 28.5. The fraction of sp³-hybridized carbons (Fsp3) is 0.423. The highest BCUT2D eigenvalue weighted by Gasteiger charge is 2.73. The summed E-state index contributed by atoms with van der Waals surface area (Å²) < 4.78 is 90.8. The van der Waals surface area contributed by atoms with E-state index in [0.29, 0.717) is 18.9 Å². The van der Waals surface area contributed by atoms with Gasteiger partial charge in [0.05, 0.1) is 47.3 Å². The number of halogens is 6. The number of rotatable bonds is 5. The molecule has 4 atom stereocenters. The van der Waals surface area contributed by atoms with E-state index >= 15 is 0 Å². The number of amides is 2. The van der Waals surface area contributed by atoms with E-state index < -0.39 is 64.0 Å². The molecule has 2 bridgehead atoms. The molecule has 6 nitrogen and oxygen atoms in total. The van der Waals surface area contributed by atoms with Gasteiger partial charge in [0.25, 0.3) is 0 Å². The first-order chi connectivity index (χ1) is 17.7. The van der Waals surface area contributed by atoms with Crippen LogP contribution in [-0.4, -0.2) is 29.6 Å². The summed E-state index contributed by atoms with van der Waals surface area (Å²) in [4.78, 5) is 30.6. The van der Waals surface area contributed by atoms with Crippen molar-refractivity contribution in [1.82, 2.24) is 0 Å². The Bertz CT molecular complexity index is 1350. The predicted octanol–water partition coefficient (Wildman–Crippen LogP) is 6.17. The molecule has 3 aliphatic heterocycles. The summed E-state index contributed by atoms with van der Waals surface area (Å²) in [5, 5.41) is 0. The maximum Gasteiger partial charge on any atom is 0.416 e. The van der Waals surface area contributed by atoms with Gasteiger partial charge in [-0.2, -0.15) is 26.3 Å². The number of alkyl halides is 6. The van der Waals surface area contributed by atoms with Gasteiger partial charge in [0.2, 0.25) is 11.8 Å². The number of benzene rings is 2. The molecule has 0 N–H and O–H groups in total. The van der Waals surface area contributed by atoms with Gasteiger partial charge in [-0.3, -0.25) is 9.59 Å². The number of carbonyl (C=O) groups is 2. The van der Waals surface area contributed by atoms with Crippen LogP contribution in [0.5, 0.6) is 5.75 Å². The van der Waals surface area contributed by atoms with Crippen molar-refractivity contribution in [2.45, 2.75) is 49.7 Å². The largest absolute Gasteiger partial charge is 0.493 e. The number of imide groups is 1. The van der Waals surface area contributed by atoms with Crippen LogP contribution in [0.4, 0.5) is 37.7 Å². The van der Waals surface area contributed by atoms with E-state index in [-0.39, 0.29) is 24.5 Å². The van der Waals surface area contributed by atoms with Gasteiger partial charge in [-0.05, 0) is 56.2 Å². The molecule has 2 amide bonds. The Morgan fingerprint density at radius 2 is 1.66 bits per heavy atom. The molecule has 3 heterocycles.